The molecule has 2 aromatic heterocycles. The van der Waals surface area contributed by atoms with Crippen LogP contribution in [0.1, 0.15) is 41.8 Å². The van der Waals surface area contributed by atoms with Gasteiger partial charge in [-0.25, -0.2) is 9.98 Å². The number of halogens is 1. The molecule has 1 aliphatic rings. The van der Waals surface area contributed by atoms with Crippen molar-refractivity contribution in [3.05, 3.63) is 27.7 Å². The van der Waals surface area contributed by atoms with Gasteiger partial charge >= 0.3 is 0 Å². The fourth-order valence-corrected chi connectivity index (χ4v) is 3.37. The van der Waals surface area contributed by atoms with Crippen molar-refractivity contribution in [3.63, 3.8) is 0 Å². The molecule has 2 N–H and O–H groups in total. The lowest BCUT2D eigenvalue weighted by Gasteiger charge is -2.10. The molecule has 9 heteroatoms. The molecule has 2 aromatic rings. The SMILES string of the molecule is CCNC(=NCc1nnc2n1CCC2)NCc1ncc(CC)s1.I. The third-order valence-corrected chi connectivity index (χ3v) is 4.91. The van der Waals surface area contributed by atoms with E-state index in [2.05, 4.69) is 49.2 Å². The Kier molecular flexibility index (Phi) is 7.40. The highest BCUT2D eigenvalue weighted by atomic mass is 127. The number of nitrogens with zero attached hydrogens (tertiary/aromatic N) is 5. The standard InChI is InChI=1S/C15H23N7S.HI/c1-3-11-8-17-14(23-11)10-19-15(16-4-2)18-9-13-21-20-12-6-5-7-22(12)13;/h8H,3-7,9-10H2,1-2H3,(H2,16,18,19);1H. The summed E-state index contributed by atoms with van der Waals surface area (Å²) in [5.74, 6) is 2.82. The van der Waals surface area contributed by atoms with Gasteiger partial charge in [-0.1, -0.05) is 6.92 Å². The molecular formula is C15H24IN7S. The molecule has 0 aliphatic carbocycles. The van der Waals surface area contributed by atoms with Crippen LogP contribution in [-0.4, -0.2) is 32.3 Å². The number of hydrogen-bond acceptors (Lipinski definition) is 5. The number of hydrogen-bond donors (Lipinski definition) is 2. The highest BCUT2D eigenvalue weighted by Gasteiger charge is 2.16. The van der Waals surface area contributed by atoms with Gasteiger partial charge < -0.3 is 15.2 Å². The van der Waals surface area contributed by atoms with E-state index in [1.807, 2.05) is 6.20 Å². The van der Waals surface area contributed by atoms with E-state index in [0.29, 0.717) is 13.1 Å². The summed E-state index contributed by atoms with van der Waals surface area (Å²) in [6, 6.07) is 0. The van der Waals surface area contributed by atoms with Crippen molar-refractivity contribution in [2.45, 2.75) is 52.7 Å². The van der Waals surface area contributed by atoms with Gasteiger partial charge in [0.2, 0.25) is 0 Å². The lowest BCUT2D eigenvalue weighted by atomic mass is 10.4. The van der Waals surface area contributed by atoms with Crippen LogP contribution in [0.5, 0.6) is 0 Å². The Labute approximate surface area is 163 Å². The van der Waals surface area contributed by atoms with Gasteiger partial charge in [0.15, 0.2) is 11.8 Å². The van der Waals surface area contributed by atoms with Gasteiger partial charge in [-0.05, 0) is 19.8 Å². The van der Waals surface area contributed by atoms with Crippen molar-refractivity contribution in [2.75, 3.05) is 6.54 Å². The van der Waals surface area contributed by atoms with Crippen molar-refractivity contribution in [2.24, 2.45) is 4.99 Å². The Morgan fingerprint density at radius 1 is 1.33 bits per heavy atom. The molecule has 1 aliphatic heterocycles. The summed E-state index contributed by atoms with van der Waals surface area (Å²) < 4.78 is 2.18. The lowest BCUT2D eigenvalue weighted by Crippen LogP contribution is -2.36. The zero-order chi connectivity index (χ0) is 16.1. The molecule has 0 saturated heterocycles. The van der Waals surface area contributed by atoms with Crippen molar-refractivity contribution in [1.29, 1.82) is 0 Å². The minimum Gasteiger partial charge on any atom is -0.357 e. The first-order valence-electron chi connectivity index (χ1n) is 8.16. The summed E-state index contributed by atoms with van der Waals surface area (Å²) in [6.45, 7) is 7.27. The number of aliphatic imine (C=N–C) groups is 1. The van der Waals surface area contributed by atoms with Crippen molar-refractivity contribution in [3.8, 4) is 0 Å². The zero-order valence-electron chi connectivity index (χ0n) is 14.1. The van der Waals surface area contributed by atoms with Gasteiger partial charge in [-0.2, -0.15) is 0 Å². The highest BCUT2D eigenvalue weighted by molar-refractivity contribution is 14.0. The fourth-order valence-electron chi connectivity index (χ4n) is 2.57. The molecular weight excluding hydrogens is 437 g/mol. The molecule has 7 nitrogen and oxygen atoms in total. The normalized spacial score (nSPS) is 13.5. The average Bonchev–Trinajstić information content (AvgIpc) is 3.27. The second-order valence-corrected chi connectivity index (χ2v) is 6.61. The summed E-state index contributed by atoms with van der Waals surface area (Å²) in [6.07, 6.45) is 5.16. The second-order valence-electron chi connectivity index (χ2n) is 5.41. The Bertz CT molecular complexity index is 679. The van der Waals surface area contributed by atoms with Gasteiger partial charge in [0.25, 0.3) is 0 Å². The third-order valence-electron chi connectivity index (χ3n) is 3.77. The summed E-state index contributed by atoms with van der Waals surface area (Å²) in [4.78, 5) is 10.4. The first kappa shape index (κ1) is 19.1. The maximum Gasteiger partial charge on any atom is 0.192 e. The maximum absolute atomic E-state index is 4.62. The van der Waals surface area contributed by atoms with E-state index in [9.17, 15) is 0 Å². The van der Waals surface area contributed by atoms with E-state index < -0.39 is 0 Å². The molecule has 0 saturated carbocycles. The molecule has 0 spiro atoms. The molecule has 0 aromatic carbocycles. The highest BCUT2D eigenvalue weighted by Crippen LogP contribution is 2.15. The number of aromatic nitrogens is 4. The first-order valence-corrected chi connectivity index (χ1v) is 8.98. The van der Waals surface area contributed by atoms with Crippen LogP contribution >= 0.6 is 35.3 Å². The van der Waals surface area contributed by atoms with E-state index in [1.54, 1.807) is 11.3 Å². The van der Waals surface area contributed by atoms with Gasteiger partial charge in [-0.15, -0.1) is 45.5 Å². The van der Waals surface area contributed by atoms with Gasteiger partial charge in [0.1, 0.15) is 17.4 Å². The zero-order valence-corrected chi connectivity index (χ0v) is 17.2. The minimum absolute atomic E-state index is 0. The number of guanidine groups is 1. The van der Waals surface area contributed by atoms with Crippen LogP contribution in [0.3, 0.4) is 0 Å². The second kappa shape index (κ2) is 9.30. The predicted octanol–water partition coefficient (Wildman–Crippen LogP) is 2.12. The van der Waals surface area contributed by atoms with Gasteiger partial charge in [-0.3, -0.25) is 0 Å². The largest absolute Gasteiger partial charge is 0.357 e. The number of fused-ring (bicyclic) bond motifs is 1. The van der Waals surface area contributed by atoms with E-state index in [1.165, 1.54) is 4.88 Å². The molecule has 0 bridgehead atoms. The lowest BCUT2D eigenvalue weighted by molar-refractivity contribution is 0.684. The van der Waals surface area contributed by atoms with Crippen molar-refractivity contribution >= 4 is 41.3 Å². The summed E-state index contributed by atoms with van der Waals surface area (Å²) in [7, 11) is 0. The van der Waals surface area contributed by atoms with Crippen LogP contribution in [0.2, 0.25) is 0 Å². The molecule has 0 atom stereocenters. The molecule has 0 radical (unpaired) electrons. The van der Waals surface area contributed by atoms with E-state index in [-0.39, 0.29) is 24.0 Å². The minimum atomic E-state index is 0. The quantitative estimate of drug-likeness (QED) is 0.392. The number of nitrogens with one attached hydrogen (secondary N) is 2. The fraction of sp³-hybridized carbons (Fsp3) is 0.600. The molecule has 0 fully saturated rings. The van der Waals surface area contributed by atoms with Crippen molar-refractivity contribution < 1.29 is 0 Å². The smallest absolute Gasteiger partial charge is 0.192 e. The van der Waals surface area contributed by atoms with E-state index in [0.717, 1.165) is 55.0 Å². The van der Waals surface area contributed by atoms with Crippen LogP contribution in [0.15, 0.2) is 11.2 Å². The summed E-state index contributed by atoms with van der Waals surface area (Å²) >= 11 is 1.74. The predicted molar refractivity (Wildman–Crippen MR) is 107 cm³/mol. The third kappa shape index (κ3) is 4.65. The monoisotopic (exact) mass is 461 g/mol. The number of rotatable bonds is 6. The Morgan fingerprint density at radius 3 is 2.96 bits per heavy atom. The van der Waals surface area contributed by atoms with Crippen LogP contribution in [0.4, 0.5) is 0 Å². The van der Waals surface area contributed by atoms with E-state index in [4.69, 9.17) is 0 Å². The average molecular weight is 461 g/mol. The van der Waals surface area contributed by atoms with Crippen LogP contribution in [0.25, 0.3) is 0 Å². The van der Waals surface area contributed by atoms with Gasteiger partial charge in [0, 0.05) is 30.6 Å². The Balaban J connectivity index is 0.00000208. The van der Waals surface area contributed by atoms with Crippen LogP contribution in [-0.2, 0) is 32.5 Å². The molecule has 24 heavy (non-hydrogen) atoms. The molecule has 0 unspecified atom stereocenters. The molecule has 3 rings (SSSR count). The first-order chi connectivity index (χ1) is 11.3. The molecule has 0 amide bonds. The Hall–Kier alpha value is -1.23. The summed E-state index contributed by atoms with van der Waals surface area (Å²) in [5.41, 5.74) is 0. The number of aryl methyl sites for hydroxylation is 2. The van der Waals surface area contributed by atoms with Crippen LogP contribution < -0.4 is 10.6 Å². The number of thiazole rings is 1. The molecule has 132 valence electrons. The van der Waals surface area contributed by atoms with Gasteiger partial charge in [0.05, 0.1) is 6.54 Å². The van der Waals surface area contributed by atoms with E-state index >= 15 is 0 Å². The Morgan fingerprint density at radius 2 is 2.21 bits per heavy atom. The van der Waals surface area contributed by atoms with Crippen molar-refractivity contribution in [1.82, 2.24) is 30.4 Å². The van der Waals surface area contributed by atoms with Crippen LogP contribution in [0, 0.1) is 0 Å². The molecule has 3 heterocycles. The summed E-state index contributed by atoms with van der Waals surface area (Å²) in [5, 5.41) is 16.1. The maximum atomic E-state index is 4.62. The topological polar surface area (TPSA) is 80.0 Å².